The number of hydrogen-bond donors (Lipinski definition) is 0. The molecule has 0 aliphatic rings. The van der Waals surface area contributed by atoms with Crippen molar-refractivity contribution in [3.05, 3.63) is 68.8 Å². The summed E-state index contributed by atoms with van der Waals surface area (Å²) in [5.74, 6) is 0.644. The molecule has 5 heteroatoms. The van der Waals surface area contributed by atoms with Gasteiger partial charge < -0.3 is 4.74 Å². The van der Waals surface area contributed by atoms with Gasteiger partial charge >= 0.3 is 0 Å². The Labute approximate surface area is 122 Å². The van der Waals surface area contributed by atoms with Gasteiger partial charge in [-0.25, -0.2) is 4.39 Å². The van der Waals surface area contributed by atoms with Gasteiger partial charge in [0.2, 0.25) is 0 Å². The van der Waals surface area contributed by atoms with Crippen LogP contribution in [0.15, 0.2) is 36.4 Å². The van der Waals surface area contributed by atoms with Crippen molar-refractivity contribution >= 4 is 5.69 Å². The summed E-state index contributed by atoms with van der Waals surface area (Å²) in [5, 5.41) is 11.0. The van der Waals surface area contributed by atoms with Crippen LogP contribution in [0.4, 0.5) is 10.1 Å². The van der Waals surface area contributed by atoms with Crippen LogP contribution in [-0.2, 0) is 13.3 Å². The Kier molecular flexibility index (Phi) is 4.52. The number of nitro benzene ring substituents is 1. The second-order valence-electron chi connectivity index (χ2n) is 4.87. The second kappa shape index (κ2) is 6.35. The van der Waals surface area contributed by atoms with E-state index in [1.54, 1.807) is 30.3 Å². The molecule has 2 rings (SSSR count). The van der Waals surface area contributed by atoms with Gasteiger partial charge in [-0.05, 0) is 48.7 Å². The molecule has 0 aromatic heterocycles. The summed E-state index contributed by atoms with van der Waals surface area (Å²) in [4.78, 5) is 10.5. The summed E-state index contributed by atoms with van der Waals surface area (Å²) in [6.07, 6.45) is 0. The molecule has 2 aromatic rings. The van der Waals surface area contributed by atoms with Gasteiger partial charge in [-0.2, -0.15) is 0 Å². The van der Waals surface area contributed by atoms with Crippen LogP contribution in [0.1, 0.15) is 22.3 Å². The van der Waals surface area contributed by atoms with Crippen molar-refractivity contribution in [1.29, 1.82) is 0 Å². The number of hydrogen-bond acceptors (Lipinski definition) is 3. The van der Waals surface area contributed by atoms with E-state index in [-0.39, 0.29) is 12.3 Å². The highest BCUT2D eigenvalue weighted by molar-refractivity contribution is 5.44. The van der Waals surface area contributed by atoms with Crippen LogP contribution in [0.3, 0.4) is 0 Å². The predicted octanol–water partition coefficient (Wildman–Crippen LogP) is 4.26. The van der Waals surface area contributed by atoms with E-state index in [1.807, 2.05) is 13.8 Å². The SMILES string of the molecule is Cc1cc(CF)cc(C)c1OCc1ccccc1[N+](=O)[O-]. The Morgan fingerprint density at radius 3 is 2.38 bits per heavy atom. The molecule has 0 amide bonds. The Bertz CT molecular complexity index is 647. The average molecular weight is 289 g/mol. The van der Waals surface area contributed by atoms with Crippen molar-refractivity contribution in [3.8, 4) is 5.75 Å². The third-order valence-corrected chi connectivity index (χ3v) is 3.23. The maximum atomic E-state index is 12.7. The van der Waals surface area contributed by atoms with E-state index in [0.29, 0.717) is 16.9 Å². The zero-order valence-corrected chi connectivity index (χ0v) is 11.9. The second-order valence-corrected chi connectivity index (χ2v) is 4.87. The lowest BCUT2D eigenvalue weighted by Crippen LogP contribution is -2.03. The third-order valence-electron chi connectivity index (χ3n) is 3.23. The molecule has 0 unspecified atom stereocenters. The molecule has 0 saturated carbocycles. The minimum atomic E-state index is -0.522. The molecule has 0 fully saturated rings. The van der Waals surface area contributed by atoms with E-state index in [9.17, 15) is 14.5 Å². The summed E-state index contributed by atoms with van der Waals surface area (Å²) < 4.78 is 18.4. The Morgan fingerprint density at radius 2 is 1.81 bits per heavy atom. The highest BCUT2D eigenvalue weighted by Crippen LogP contribution is 2.27. The van der Waals surface area contributed by atoms with Crippen molar-refractivity contribution in [3.63, 3.8) is 0 Å². The van der Waals surface area contributed by atoms with E-state index >= 15 is 0 Å². The van der Waals surface area contributed by atoms with Gasteiger partial charge in [0.15, 0.2) is 0 Å². The molecule has 4 nitrogen and oxygen atoms in total. The maximum absolute atomic E-state index is 12.7. The minimum absolute atomic E-state index is 0.0354. The highest BCUT2D eigenvalue weighted by Gasteiger charge is 2.14. The molecule has 0 aliphatic carbocycles. The molecule has 21 heavy (non-hydrogen) atoms. The quantitative estimate of drug-likeness (QED) is 0.610. The van der Waals surface area contributed by atoms with Gasteiger partial charge in [-0.15, -0.1) is 0 Å². The monoisotopic (exact) mass is 289 g/mol. The summed E-state index contributed by atoms with van der Waals surface area (Å²) >= 11 is 0. The van der Waals surface area contributed by atoms with Crippen LogP contribution in [0, 0.1) is 24.0 Å². The molecule has 0 radical (unpaired) electrons. The molecule has 0 spiro atoms. The zero-order valence-electron chi connectivity index (χ0n) is 11.9. The lowest BCUT2D eigenvalue weighted by Gasteiger charge is -2.13. The van der Waals surface area contributed by atoms with Crippen molar-refractivity contribution in [2.24, 2.45) is 0 Å². The number of aryl methyl sites for hydroxylation is 2. The number of alkyl halides is 1. The summed E-state index contributed by atoms with van der Waals surface area (Å²) in [6, 6.07) is 9.92. The summed E-state index contributed by atoms with van der Waals surface area (Å²) in [6.45, 7) is 3.25. The van der Waals surface area contributed by atoms with Gasteiger partial charge in [-0.1, -0.05) is 12.1 Å². The van der Waals surface area contributed by atoms with Gasteiger partial charge in [0.1, 0.15) is 19.0 Å². The number of nitrogens with zero attached hydrogens (tertiary/aromatic N) is 1. The number of ether oxygens (including phenoxy) is 1. The lowest BCUT2D eigenvalue weighted by molar-refractivity contribution is -0.385. The van der Waals surface area contributed by atoms with Crippen LogP contribution in [0.25, 0.3) is 0 Å². The Hall–Kier alpha value is -2.43. The molecule has 0 N–H and O–H groups in total. The Morgan fingerprint density at radius 1 is 1.19 bits per heavy atom. The van der Waals surface area contributed by atoms with E-state index in [4.69, 9.17) is 4.74 Å². The fraction of sp³-hybridized carbons (Fsp3) is 0.250. The fourth-order valence-corrected chi connectivity index (χ4v) is 2.31. The van der Waals surface area contributed by atoms with E-state index < -0.39 is 11.6 Å². The molecule has 2 aromatic carbocycles. The molecular weight excluding hydrogens is 273 g/mol. The third kappa shape index (κ3) is 3.37. The molecule has 0 saturated heterocycles. The first-order valence-electron chi connectivity index (χ1n) is 6.54. The van der Waals surface area contributed by atoms with Crippen LogP contribution in [0.5, 0.6) is 5.75 Å². The first-order valence-corrected chi connectivity index (χ1v) is 6.54. The maximum Gasteiger partial charge on any atom is 0.276 e. The largest absolute Gasteiger partial charge is 0.488 e. The van der Waals surface area contributed by atoms with Gasteiger partial charge in [-0.3, -0.25) is 10.1 Å². The van der Waals surface area contributed by atoms with Crippen molar-refractivity contribution < 1.29 is 14.1 Å². The molecule has 0 heterocycles. The topological polar surface area (TPSA) is 52.4 Å². The minimum Gasteiger partial charge on any atom is -0.488 e. The van der Waals surface area contributed by atoms with Crippen molar-refractivity contribution in [1.82, 2.24) is 0 Å². The molecule has 0 atom stereocenters. The normalized spacial score (nSPS) is 10.4. The summed E-state index contributed by atoms with van der Waals surface area (Å²) in [7, 11) is 0. The number of nitro groups is 1. The van der Waals surface area contributed by atoms with Crippen LogP contribution in [0.2, 0.25) is 0 Å². The Balaban J connectivity index is 2.23. The number of para-hydroxylation sites is 1. The van der Waals surface area contributed by atoms with Crippen LogP contribution >= 0.6 is 0 Å². The highest BCUT2D eigenvalue weighted by atomic mass is 19.1. The van der Waals surface area contributed by atoms with Gasteiger partial charge in [0.25, 0.3) is 5.69 Å². The zero-order chi connectivity index (χ0) is 15.4. The predicted molar refractivity (Wildman–Crippen MR) is 78.2 cm³/mol. The molecule has 0 aliphatic heterocycles. The van der Waals surface area contributed by atoms with E-state index in [0.717, 1.165) is 11.1 Å². The van der Waals surface area contributed by atoms with Gasteiger partial charge in [0.05, 0.1) is 10.5 Å². The van der Waals surface area contributed by atoms with Gasteiger partial charge in [0, 0.05) is 6.07 Å². The van der Waals surface area contributed by atoms with Crippen molar-refractivity contribution in [2.75, 3.05) is 0 Å². The van der Waals surface area contributed by atoms with E-state index in [2.05, 4.69) is 0 Å². The smallest absolute Gasteiger partial charge is 0.276 e. The van der Waals surface area contributed by atoms with Crippen molar-refractivity contribution in [2.45, 2.75) is 27.1 Å². The first-order chi connectivity index (χ1) is 10.0. The molecule has 0 bridgehead atoms. The lowest BCUT2D eigenvalue weighted by atomic mass is 10.1. The summed E-state index contributed by atoms with van der Waals surface area (Å²) in [5.41, 5.74) is 2.79. The number of benzene rings is 2. The van der Waals surface area contributed by atoms with Crippen LogP contribution < -0.4 is 4.74 Å². The fourth-order valence-electron chi connectivity index (χ4n) is 2.31. The van der Waals surface area contributed by atoms with Crippen LogP contribution in [-0.4, -0.2) is 4.92 Å². The number of rotatable bonds is 5. The van der Waals surface area contributed by atoms with E-state index in [1.165, 1.54) is 6.07 Å². The average Bonchev–Trinajstić information content (AvgIpc) is 2.46. The first kappa shape index (κ1) is 15.0. The molecular formula is C16H16FNO3. The molecule has 110 valence electrons. The standard InChI is InChI=1S/C16H16FNO3/c1-11-7-13(9-17)8-12(2)16(11)21-10-14-5-3-4-6-15(14)18(19)20/h3-8H,9-10H2,1-2H3. The number of halogens is 1.